The van der Waals surface area contributed by atoms with Crippen molar-refractivity contribution in [3.63, 3.8) is 0 Å². The number of allylic oxidation sites excluding steroid dienone is 1. The van der Waals surface area contributed by atoms with Gasteiger partial charge in [-0.1, -0.05) is 6.08 Å². The van der Waals surface area contributed by atoms with Crippen LogP contribution in [-0.4, -0.2) is 110 Å². The molecule has 19 nitrogen and oxygen atoms in total. The summed E-state index contributed by atoms with van der Waals surface area (Å²) in [6, 6.07) is 0. The molecule has 3 aromatic heterocycles. The molecule has 2 aliphatic rings. The molecule has 0 aliphatic carbocycles. The number of imidazole rings is 2. The third-order valence-corrected chi connectivity index (χ3v) is 8.99. The van der Waals surface area contributed by atoms with E-state index in [-0.39, 0.29) is 34.3 Å². The van der Waals surface area contributed by atoms with E-state index in [9.17, 15) is 34.7 Å². The molecule has 2 fully saturated rings. The first-order chi connectivity index (χ1) is 19.9. The van der Waals surface area contributed by atoms with Crippen LogP contribution in [0.15, 0.2) is 28.5 Å². The number of aliphatic hydroxyl groups is 4. The van der Waals surface area contributed by atoms with Crippen LogP contribution in [0.25, 0.3) is 16.9 Å². The molecular weight excluding hydrogens is 581 g/mol. The summed E-state index contributed by atoms with van der Waals surface area (Å²) in [6.07, 6.45) is -6.23. The van der Waals surface area contributed by atoms with Crippen molar-refractivity contribution in [1.29, 1.82) is 0 Å². The maximum Gasteiger partial charge on any atom is 0.338 e. The zero-order valence-electron chi connectivity index (χ0n) is 22.0. The first kappa shape index (κ1) is 30.0. The van der Waals surface area contributed by atoms with Crippen molar-refractivity contribution in [1.82, 2.24) is 29.1 Å². The molecule has 20 heteroatoms. The zero-order valence-corrected chi connectivity index (χ0v) is 22.9. The molecule has 2 saturated heterocycles. The average molecular weight is 612 g/mol. The lowest BCUT2D eigenvalue weighted by molar-refractivity contribution is -0.0504. The summed E-state index contributed by atoms with van der Waals surface area (Å²) in [6.45, 7) is 3.74. The van der Waals surface area contributed by atoms with Crippen molar-refractivity contribution in [2.75, 3.05) is 18.9 Å². The van der Waals surface area contributed by atoms with Crippen molar-refractivity contribution < 1.29 is 43.9 Å². The minimum absolute atomic E-state index is 0.109. The number of hydrogen-bond donors (Lipinski definition) is 8. The largest absolute Gasteiger partial charge is 0.397 e. The highest BCUT2D eigenvalue weighted by molar-refractivity contribution is 7.53. The number of aliphatic hydroxyl groups excluding tert-OH is 4. The molecule has 0 radical (unpaired) electrons. The second kappa shape index (κ2) is 11.3. The van der Waals surface area contributed by atoms with Gasteiger partial charge in [0.1, 0.15) is 41.9 Å². The SMILES string of the molecule is C=Nc1c(/C(N)=C\C)ncn1[C@@H]1O[C@H](COP(=O)(O)[C@@H]2[C@H](O)[C@@H](CO)O[C@H]2n2cnc3c(=O)[nH]c(N)nc32)[C@@H](O)[C@H]1O. The number of aromatic nitrogens is 6. The standard InChI is InChI=1S/C22H30N9O10P/c1-3-8(23)11-17(25-2)30(6-26-11)20-15(35)13(33)10(41-20)5-39-42(37,38)16-14(34)9(4-32)40-21(16)31-7-27-12-18(31)28-22(24)29-19(12)36/h3,6-7,9-10,13-16,20-21,32-35H,2,4-5,23H2,1H3,(H,37,38)(H3,24,28,29,36)/b8-3+/t9-,10-,13-,14-,15-,16-,20-,21-/m1/s1. The third kappa shape index (κ3) is 4.93. The Hall–Kier alpha value is -3.52. The highest BCUT2D eigenvalue weighted by Crippen LogP contribution is 2.57. The smallest absolute Gasteiger partial charge is 0.338 e. The number of hydrogen-bond acceptors (Lipinski definition) is 15. The second-order valence-electron chi connectivity index (χ2n) is 9.64. The number of nitrogens with two attached hydrogens (primary N) is 2. The molecule has 0 bridgehead atoms. The van der Waals surface area contributed by atoms with Gasteiger partial charge in [-0.3, -0.25) is 23.5 Å². The van der Waals surface area contributed by atoms with E-state index in [2.05, 4.69) is 31.6 Å². The van der Waals surface area contributed by atoms with Gasteiger partial charge in [0.05, 0.1) is 31.6 Å². The fraction of sp³-hybridized carbons (Fsp3) is 0.500. The number of nitrogens with zero attached hydrogens (tertiary/aromatic N) is 6. The molecule has 0 spiro atoms. The Morgan fingerprint density at radius 3 is 2.55 bits per heavy atom. The molecule has 228 valence electrons. The minimum Gasteiger partial charge on any atom is -0.397 e. The van der Waals surface area contributed by atoms with Gasteiger partial charge in [-0.05, 0) is 13.6 Å². The van der Waals surface area contributed by atoms with Gasteiger partial charge >= 0.3 is 7.60 Å². The van der Waals surface area contributed by atoms with Crippen LogP contribution in [0.2, 0.25) is 0 Å². The van der Waals surface area contributed by atoms with E-state index < -0.39 is 75.0 Å². The summed E-state index contributed by atoms with van der Waals surface area (Å²) in [5, 5.41) is 41.9. The number of aromatic amines is 1. The molecule has 5 heterocycles. The maximum absolute atomic E-state index is 13.6. The van der Waals surface area contributed by atoms with Gasteiger partial charge in [0.25, 0.3) is 5.56 Å². The average Bonchev–Trinajstić information content (AvgIpc) is 3.71. The molecule has 10 N–H and O–H groups in total. The Kier molecular flexibility index (Phi) is 8.05. The first-order valence-corrected chi connectivity index (χ1v) is 14.2. The van der Waals surface area contributed by atoms with Gasteiger partial charge in [0.15, 0.2) is 29.4 Å². The van der Waals surface area contributed by atoms with Crippen LogP contribution in [-0.2, 0) is 18.6 Å². The quantitative estimate of drug-likeness (QED) is 0.0931. The number of nitrogens with one attached hydrogen (secondary N) is 1. The van der Waals surface area contributed by atoms with Gasteiger partial charge in [0, 0.05) is 0 Å². The highest BCUT2D eigenvalue weighted by Gasteiger charge is 2.56. The summed E-state index contributed by atoms with van der Waals surface area (Å²) in [7, 11) is -4.89. The van der Waals surface area contributed by atoms with Gasteiger partial charge in [0.2, 0.25) is 5.95 Å². The molecule has 5 rings (SSSR count). The molecule has 9 atom stereocenters. The summed E-state index contributed by atoms with van der Waals surface area (Å²) in [5.41, 5.74) is 9.47. The van der Waals surface area contributed by atoms with Gasteiger partial charge < -0.3 is 50.8 Å². The first-order valence-electron chi connectivity index (χ1n) is 12.5. The Labute approximate surface area is 236 Å². The number of H-pyrrole nitrogens is 1. The van der Waals surface area contributed by atoms with E-state index in [1.165, 1.54) is 10.9 Å². The summed E-state index contributed by atoms with van der Waals surface area (Å²) in [4.78, 5) is 41.5. The number of nitrogen functional groups attached to an aromatic ring is 1. The summed E-state index contributed by atoms with van der Waals surface area (Å²) in [5.74, 6) is -0.110. The molecule has 2 aliphatic heterocycles. The Balaban J connectivity index is 1.39. The van der Waals surface area contributed by atoms with E-state index in [0.717, 1.165) is 10.9 Å². The normalized spacial score (nSPS) is 31.5. The third-order valence-electron chi connectivity index (χ3n) is 7.16. The van der Waals surface area contributed by atoms with Crippen molar-refractivity contribution in [3.05, 3.63) is 34.8 Å². The lowest BCUT2D eigenvalue weighted by atomic mass is 10.1. The highest BCUT2D eigenvalue weighted by atomic mass is 31.2. The molecular formula is C22H30N9O10P. The minimum atomic E-state index is -4.89. The van der Waals surface area contributed by atoms with Gasteiger partial charge in [-0.25, -0.2) is 15.0 Å². The van der Waals surface area contributed by atoms with Crippen LogP contribution < -0.4 is 17.0 Å². The Bertz CT molecular complexity index is 1620. The molecule has 1 unspecified atom stereocenters. The summed E-state index contributed by atoms with van der Waals surface area (Å²) < 4.78 is 32.7. The lowest BCUT2D eigenvalue weighted by Crippen LogP contribution is -2.36. The lowest BCUT2D eigenvalue weighted by Gasteiger charge is -2.27. The van der Waals surface area contributed by atoms with Crippen molar-refractivity contribution in [2.24, 2.45) is 10.7 Å². The van der Waals surface area contributed by atoms with E-state index in [1.807, 2.05) is 0 Å². The van der Waals surface area contributed by atoms with E-state index in [4.69, 9.17) is 25.5 Å². The van der Waals surface area contributed by atoms with Crippen LogP contribution in [0, 0.1) is 0 Å². The van der Waals surface area contributed by atoms with Crippen LogP contribution in [0.1, 0.15) is 25.1 Å². The monoisotopic (exact) mass is 611 g/mol. The van der Waals surface area contributed by atoms with Crippen LogP contribution >= 0.6 is 7.60 Å². The Morgan fingerprint density at radius 2 is 1.88 bits per heavy atom. The van der Waals surface area contributed by atoms with Crippen molar-refractivity contribution >= 4 is 42.9 Å². The number of fused-ring (bicyclic) bond motifs is 1. The second-order valence-corrected chi connectivity index (χ2v) is 11.6. The number of rotatable bonds is 9. The number of ether oxygens (including phenoxy) is 2. The zero-order chi connectivity index (χ0) is 30.5. The van der Waals surface area contributed by atoms with Gasteiger partial charge in [-0.15, -0.1) is 0 Å². The number of aliphatic imine (C=N–C) groups is 1. The van der Waals surface area contributed by atoms with Gasteiger partial charge in [-0.2, -0.15) is 4.98 Å². The van der Waals surface area contributed by atoms with Crippen molar-refractivity contribution in [2.45, 2.75) is 55.6 Å². The molecule has 0 aromatic carbocycles. The summed E-state index contributed by atoms with van der Waals surface area (Å²) >= 11 is 0. The van der Waals surface area contributed by atoms with Crippen molar-refractivity contribution in [3.8, 4) is 0 Å². The molecule has 0 amide bonds. The number of anilines is 1. The molecule has 3 aromatic rings. The Morgan fingerprint density at radius 1 is 1.19 bits per heavy atom. The van der Waals surface area contributed by atoms with Crippen LogP contribution in [0.3, 0.4) is 0 Å². The van der Waals surface area contributed by atoms with Crippen LogP contribution in [0.4, 0.5) is 11.8 Å². The topological polar surface area (TPSA) is 292 Å². The maximum atomic E-state index is 13.6. The van der Waals surface area contributed by atoms with E-state index in [1.54, 1.807) is 13.0 Å². The van der Waals surface area contributed by atoms with Crippen LogP contribution in [0.5, 0.6) is 0 Å². The van der Waals surface area contributed by atoms with E-state index in [0.29, 0.717) is 0 Å². The molecule has 42 heavy (non-hydrogen) atoms. The predicted octanol–water partition coefficient (Wildman–Crippen LogP) is -2.31. The molecule has 0 saturated carbocycles. The fourth-order valence-corrected chi connectivity index (χ4v) is 6.64. The van der Waals surface area contributed by atoms with E-state index >= 15 is 0 Å². The predicted molar refractivity (Wildman–Crippen MR) is 144 cm³/mol. The fourth-order valence-electron chi connectivity index (χ4n) is 4.99.